The molecule has 2 saturated heterocycles. The average molecular weight is 532 g/mol. The fraction of sp³-hybridized carbons (Fsp3) is 0.619. The Kier molecular flexibility index (Phi) is 10.1. The zero-order valence-corrected chi connectivity index (χ0v) is 20.2. The van der Waals surface area contributed by atoms with Crippen molar-refractivity contribution in [2.45, 2.75) is 39.3 Å². The van der Waals surface area contributed by atoms with Crippen molar-refractivity contribution in [1.82, 2.24) is 20.9 Å². The van der Waals surface area contributed by atoms with Gasteiger partial charge in [-0.25, -0.2) is 9.38 Å². The molecule has 2 aliphatic rings. The highest BCUT2D eigenvalue weighted by Gasteiger charge is 2.20. The van der Waals surface area contributed by atoms with E-state index in [1.807, 2.05) is 19.1 Å². The predicted molar refractivity (Wildman–Crippen MR) is 130 cm³/mol. The summed E-state index contributed by atoms with van der Waals surface area (Å²) in [6.45, 7) is 10.6. The summed E-state index contributed by atoms with van der Waals surface area (Å²) >= 11 is 0. The Morgan fingerprint density at radius 2 is 2.03 bits per heavy atom. The van der Waals surface area contributed by atoms with Crippen molar-refractivity contribution >= 4 is 41.5 Å². The zero-order chi connectivity index (χ0) is 20.6. The molecule has 3 N–H and O–H groups in total. The Morgan fingerprint density at radius 1 is 1.27 bits per heavy atom. The number of nitrogens with one attached hydrogen (secondary N) is 3. The number of nitrogens with zero attached hydrogens (tertiary/aromatic N) is 3. The van der Waals surface area contributed by atoms with Gasteiger partial charge in [0.05, 0.1) is 12.2 Å². The summed E-state index contributed by atoms with van der Waals surface area (Å²) in [6.07, 6.45) is 1.31. The highest BCUT2D eigenvalue weighted by atomic mass is 127. The Balaban J connectivity index is 0.00000320. The third kappa shape index (κ3) is 6.97. The maximum absolute atomic E-state index is 14.7. The first-order valence-corrected chi connectivity index (χ1v) is 10.7. The molecule has 1 aromatic rings. The molecule has 9 heteroatoms. The first kappa shape index (κ1) is 24.6. The molecule has 3 rings (SSSR count). The van der Waals surface area contributed by atoms with E-state index in [-0.39, 0.29) is 41.7 Å². The van der Waals surface area contributed by atoms with Gasteiger partial charge >= 0.3 is 0 Å². The summed E-state index contributed by atoms with van der Waals surface area (Å²) in [5.41, 5.74) is 1.52. The third-order valence-corrected chi connectivity index (χ3v) is 5.54. The Bertz CT molecular complexity index is 713. The lowest BCUT2D eigenvalue weighted by Gasteiger charge is -2.35. The molecule has 1 unspecified atom stereocenters. The number of hydrogen-bond donors (Lipinski definition) is 3. The number of guanidine groups is 1. The fourth-order valence-corrected chi connectivity index (χ4v) is 3.75. The molecule has 2 aliphatic heterocycles. The highest BCUT2D eigenvalue weighted by molar-refractivity contribution is 14.0. The van der Waals surface area contributed by atoms with E-state index >= 15 is 0 Å². The molecule has 2 fully saturated rings. The normalized spacial score (nSPS) is 20.4. The first-order chi connectivity index (χ1) is 14.1. The van der Waals surface area contributed by atoms with Crippen molar-refractivity contribution in [3.8, 4) is 0 Å². The topological polar surface area (TPSA) is 72.0 Å². The second-order valence-electron chi connectivity index (χ2n) is 7.59. The van der Waals surface area contributed by atoms with Gasteiger partial charge in [0.1, 0.15) is 5.82 Å². The second kappa shape index (κ2) is 12.3. The number of carbonyl (C=O) groups excluding carboxylic acids is 1. The van der Waals surface area contributed by atoms with Crippen LogP contribution in [-0.4, -0.2) is 68.6 Å². The molecule has 0 radical (unpaired) electrons. The number of rotatable bonds is 6. The Hall–Kier alpha value is -1.62. The summed E-state index contributed by atoms with van der Waals surface area (Å²) in [5.74, 6) is 0.598. The molecule has 0 spiro atoms. The van der Waals surface area contributed by atoms with Crippen LogP contribution < -0.4 is 20.9 Å². The molecule has 1 amide bonds. The number of anilines is 1. The molecule has 30 heavy (non-hydrogen) atoms. The van der Waals surface area contributed by atoms with Crippen molar-refractivity contribution < 1.29 is 9.18 Å². The smallest absolute Gasteiger partial charge is 0.220 e. The number of piperidine rings is 1. The number of likely N-dealkylation sites (N-methyl/N-ethyl adjacent to an activating group) is 1. The summed E-state index contributed by atoms with van der Waals surface area (Å²) in [7, 11) is 0. The molecule has 7 nitrogen and oxygen atoms in total. The Morgan fingerprint density at radius 3 is 2.63 bits per heavy atom. The molecule has 0 saturated carbocycles. The maximum atomic E-state index is 14.7. The molecule has 0 aliphatic carbocycles. The number of halogens is 2. The van der Waals surface area contributed by atoms with Crippen LogP contribution in [0.2, 0.25) is 0 Å². The summed E-state index contributed by atoms with van der Waals surface area (Å²) in [5, 5.41) is 9.43. The average Bonchev–Trinajstić information content (AvgIpc) is 2.74. The van der Waals surface area contributed by atoms with Crippen molar-refractivity contribution in [3.05, 3.63) is 29.6 Å². The van der Waals surface area contributed by atoms with Crippen molar-refractivity contribution in [3.63, 3.8) is 0 Å². The van der Waals surface area contributed by atoms with Gasteiger partial charge in [-0.1, -0.05) is 13.0 Å². The van der Waals surface area contributed by atoms with Crippen LogP contribution in [0.25, 0.3) is 0 Å². The van der Waals surface area contributed by atoms with Crippen LogP contribution in [0.3, 0.4) is 0 Å². The number of amides is 1. The molecular weight excluding hydrogens is 498 g/mol. The van der Waals surface area contributed by atoms with Crippen LogP contribution in [0, 0.1) is 5.82 Å². The summed E-state index contributed by atoms with van der Waals surface area (Å²) in [6, 6.07) is 5.58. The second-order valence-corrected chi connectivity index (χ2v) is 7.59. The molecule has 1 atom stereocenters. The Labute approximate surface area is 195 Å². The van der Waals surface area contributed by atoms with Crippen molar-refractivity contribution in [2.75, 3.05) is 50.7 Å². The number of carbonyl (C=O) groups is 1. The van der Waals surface area contributed by atoms with E-state index in [0.29, 0.717) is 31.2 Å². The lowest BCUT2D eigenvalue weighted by Crippen LogP contribution is -2.51. The van der Waals surface area contributed by atoms with Gasteiger partial charge < -0.3 is 25.8 Å². The van der Waals surface area contributed by atoms with Crippen LogP contribution >= 0.6 is 24.0 Å². The molecule has 0 bridgehead atoms. The van der Waals surface area contributed by atoms with E-state index in [1.165, 1.54) is 0 Å². The fourth-order valence-electron chi connectivity index (χ4n) is 3.75. The minimum Gasteiger partial charge on any atom is -0.367 e. The quantitative estimate of drug-likeness (QED) is 0.297. The minimum absolute atomic E-state index is 0. The number of benzene rings is 1. The van der Waals surface area contributed by atoms with Gasteiger partial charge in [0, 0.05) is 51.7 Å². The molecular formula is C21H34FIN6O. The third-order valence-electron chi connectivity index (χ3n) is 5.54. The maximum Gasteiger partial charge on any atom is 0.220 e. The van der Waals surface area contributed by atoms with E-state index < -0.39 is 0 Å². The lowest BCUT2D eigenvalue weighted by molar-refractivity contribution is -0.122. The predicted octanol–water partition coefficient (Wildman–Crippen LogP) is 1.92. The molecule has 168 valence electrons. The van der Waals surface area contributed by atoms with Crippen molar-refractivity contribution in [1.29, 1.82) is 0 Å². The van der Waals surface area contributed by atoms with Gasteiger partial charge in [0.2, 0.25) is 5.91 Å². The van der Waals surface area contributed by atoms with E-state index in [9.17, 15) is 9.18 Å². The lowest BCUT2D eigenvalue weighted by atomic mass is 10.1. The molecule has 2 heterocycles. The largest absolute Gasteiger partial charge is 0.367 e. The summed E-state index contributed by atoms with van der Waals surface area (Å²) in [4.78, 5) is 20.4. The van der Waals surface area contributed by atoms with Crippen molar-refractivity contribution in [2.24, 2.45) is 4.99 Å². The minimum atomic E-state index is -0.185. The van der Waals surface area contributed by atoms with Gasteiger partial charge in [-0.15, -0.1) is 24.0 Å². The monoisotopic (exact) mass is 532 g/mol. The van der Waals surface area contributed by atoms with Gasteiger partial charge in [-0.05, 0) is 37.6 Å². The number of hydrogen-bond acceptors (Lipinski definition) is 4. The van der Waals surface area contributed by atoms with E-state index in [1.54, 1.807) is 6.07 Å². The summed E-state index contributed by atoms with van der Waals surface area (Å²) < 4.78 is 14.7. The highest BCUT2D eigenvalue weighted by Crippen LogP contribution is 2.22. The van der Waals surface area contributed by atoms with Gasteiger partial charge in [-0.2, -0.15) is 0 Å². The van der Waals surface area contributed by atoms with Crippen LogP contribution in [0.4, 0.5) is 10.1 Å². The van der Waals surface area contributed by atoms with Crippen LogP contribution in [0.1, 0.15) is 32.3 Å². The van der Waals surface area contributed by atoms with E-state index in [2.05, 4.69) is 37.7 Å². The molecule has 1 aromatic carbocycles. The molecule has 0 aromatic heterocycles. The van der Waals surface area contributed by atoms with Gasteiger partial charge in [0.25, 0.3) is 0 Å². The van der Waals surface area contributed by atoms with Crippen LogP contribution in [-0.2, 0) is 11.3 Å². The number of aliphatic imine (C=N–C) groups is 1. The van der Waals surface area contributed by atoms with Crippen LogP contribution in [0.5, 0.6) is 0 Å². The zero-order valence-electron chi connectivity index (χ0n) is 17.9. The standard InChI is InChI=1S/C21H33FN6O.HI/c1-3-23-21(26-17-6-8-20(29)24-15-17)25-14-16-5-7-19(18(22)13-16)28-11-9-27(4-2)10-12-28;/h5,7,13,17H,3-4,6,8-12,14-15H2,1-2H3,(H,24,29)(H2,23,25,26);1H. The first-order valence-electron chi connectivity index (χ1n) is 10.7. The number of piperazine rings is 1. The van der Waals surface area contributed by atoms with Gasteiger partial charge in [0.15, 0.2) is 5.96 Å². The van der Waals surface area contributed by atoms with E-state index in [0.717, 1.165) is 51.3 Å². The van der Waals surface area contributed by atoms with E-state index in [4.69, 9.17) is 0 Å². The van der Waals surface area contributed by atoms with Gasteiger partial charge in [-0.3, -0.25) is 4.79 Å². The van der Waals surface area contributed by atoms with Crippen LogP contribution in [0.15, 0.2) is 23.2 Å². The SMILES string of the molecule is CCNC(=NCc1ccc(N2CCN(CC)CC2)c(F)c1)NC1CCC(=O)NC1.I.